The number of aliphatic hydroxyl groups excluding tert-OH is 1. The van der Waals surface area contributed by atoms with Crippen molar-refractivity contribution in [3.8, 4) is 5.75 Å². The van der Waals surface area contributed by atoms with Crippen LogP contribution in [0.15, 0.2) is 47.1 Å². The summed E-state index contributed by atoms with van der Waals surface area (Å²) in [4.78, 5) is 0. The van der Waals surface area contributed by atoms with Crippen LogP contribution >= 0.6 is 0 Å². The van der Waals surface area contributed by atoms with Crippen LogP contribution in [0.25, 0.3) is 0 Å². The van der Waals surface area contributed by atoms with Crippen LogP contribution in [-0.2, 0) is 0 Å². The molecule has 0 fully saturated rings. The Morgan fingerprint density at radius 3 is 2.82 bits per heavy atom. The van der Waals surface area contributed by atoms with Crippen LogP contribution in [0.5, 0.6) is 5.75 Å². The van der Waals surface area contributed by atoms with E-state index in [0.717, 1.165) is 11.4 Å². The molecule has 0 saturated carbocycles. The SMILES string of the molecule is COc1ccccc1NCC(O)c1ccco1. The number of benzene rings is 1. The molecule has 0 spiro atoms. The van der Waals surface area contributed by atoms with E-state index in [9.17, 15) is 5.11 Å². The van der Waals surface area contributed by atoms with Gasteiger partial charge < -0.3 is 19.6 Å². The van der Waals surface area contributed by atoms with Gasteiger partial charge in [0.15, 0.2) is 0 Å². The molecule has 1 aromatic carbocycles. The third kappa shape index (κ3) is 2.79. The van der Waals surface area contributed by atoms with E-state index in [-0.39, 0.29) is 0 Å². The molecule has 2 aromatic rings. The molecule has 4 heteroatoms. The number of methoxy groups -OCH3 is 1. The van der Waals surface area contributed by atoms with E-state index in [4.69, 9.17) is 9.15 Å². The highest BCUT2D eigenvalue weighted by Crippen LogP contribution is 2.24. The highest BCUT2D eigenvalue weighted by atomic mass is 16.5. The van der Waals surface area contributed by atoms with E-state index in [1.54, 1.807) is 25.5 Å². The zero-order chi connectivity index (χ0) is 12.1. The molecule has 4 nitrogen and oxygen atoms in total. The number of anilines is 1. The monoisotopic (exact) mass is 233 g/mol. The Bertz CT molecular complexity index is 453. The zero-order valence-electron chi connectivity index (χ0n) is 9.59. The molecule has 0 saturated heterocycles. The summed E-state index contributed by atoms with van der Waals surface area (Å²) >= 11 is 0. The van der Waals surface area contributed by atoms with Gasteiger partial charge in [0, 0.05) is 6.54 Å². The Morgan fingerprint density at radius 2 is 2.12 bits per heavy atom. The predicted octanol–water partition coefficient (Wildman–Crippen LogP) is 2.43. The van der Waals surface area contributed by atoms with Crippen molar-refractivity contribution in [2.24, 2.45) is 0 Å². The van der Waals surface area contributed by atoms with E-state index in [1.165, 1.54) is 0 Å². The maximum absolute atomic E-state index is 9.84. The first kappa shape index (κ1) is 11.5. The molecule has 2 rings (SSSR count). The topological polar surface area (TPSA) is 54.6 Å². The van der Waals surface area contributed by atoms with Gasteiger partial charge in [-0.1, -0.05) is 12.1 Å². The summed E-state index contributed by atoms with van der Waals surface area (Å²) in [5, 5.41) is 13.0. The van der Waals surface area contributed by atoms with Crippen molar-refractivity contribution >= 4 is 5.69 Å². The molecule has 0 bridgehead atoms. The highest BCUT2D eigenvalue weighted by molar-refractivity contribution is 5.56. The van der Waals surface area contributed by atoms with E-state index in [2.05, 4.69) is 5.32 Å². The van der Waals surface area contributed by atoms with E-state index >= 15 is 0 Å². The molecule has 0 aliphatic carbocycles. The van der Waals surface area contributed by atoms with Crippen molar-refractivity contribution in [3.63, 3.8) is 0 Å². The lowest BCUT2D eigenvalue weighted by atomic mass is 10.2. The average molecular weight is 233 g/mol. The molecule has 1 heterocycles. The van der Waals surface area contributed by atoms with Crippen LogP contribution in [0.1, 0.15) is 11.9 Å². The van der Waals surface area contributed by atoms with E-state index in [0.29, 0.717) is 12.3 Å². The van der Waals surface area contributed by atoms with Gasteiger partial charge in [-0.3, -0.25) is 0 Å². The summed E-state index contributed by atoms with van der Waals surface area (Å²) in [6.45, 7) is 0.369. The van der Waals surface area contributed by atoms with Crippen LogP contribution < -0.4 is 10.1 Å². The lowest BCUT2D eigenvalue weighted by Crippen LogP contribution is -2.12. The first-order chi connectivity index (χ1) is 8.31. The maximum atomic E-state index is 9.84. The molecule has 0 aliphatic rings. The summed E-state index contributed by atoms with van der Waals surface area (Å²) in [6.07, 6.45) is 0.872. The summed E-state index contributed by atoms with van der Waals surface area (Å²) in [6, 6.07) is 11.1. The van der Waals surface area contributed by atoms with Crippen molar-refractivity contribution in [2.45, 2.75) is 6.10 Å². The van der Waals surface area contributed by atoms with Crippen LogP contribution in [0.2, 0.25) is 0 Å². The first-order valence-corrected chi connectivity index (χ1v) is 5.39. The molecular formula is C13H15NO3. The Morgan fingerprint density at radius 1 is 1.29 bits per heavy atom. The van der Waals surface area contributed by atoms with Crippen molar-refractivity contribution in [1.82, 2.24) is 0 Å². The summed E-state index contributed by atoms with van der Waals surface area (Å²) in [7, 11) is 1.61. The third-order valence-electron chi connectivity index (χ3n) is 2.46. The van der Waals surface area contributed by atoms with Gasteiger partial charge in [0.1, 0.15) is 17.6 Å². The minimum Gasteiger partial charge on any atom is -0.495 e. The summed E-state index contributed by atoms with van der Waals surface area (Å²) < 4.78 is 10.3. The molecule has 2 N–H and O–H groups in total. The fourth-order valence-electron chi connectivity index (χ4n) is 1.58. The number of rotatable bonds is 5. The van der Waals surface area contributed by atoms with Crippen molar-refractivity contribution in [3.05, 3.63) is 48.4 Å². The van der Waals surface area contributed by atoms with E-state index in [1.807, 2.05) is 24.3 Å². The number of para-hydroxylation sites is 2. The number of aliphatic hydroxyl groups is 1. The second kappa shape index (κ2) is 5.41. The molecule has 1 atom stereocenters. The van der Waals surface area contributed by atoms with Crippen molar-refractivity contribution in [1.29, 1.82) is 0 Å². The largest absolute Gasteiger partial charge is 0.495 e. The van der Waals surface area contributed by atoms with Crippen LogP contribution in [0.4, 0.5) is 5.69 Å². The summed E-state index contributed by atoms with van der Waals surface area (Å²) in [5.41, 5.74) is 0.848. The standard InChI is InChI=1S/C13H15NO3/c1-16-12-6-3-2-5-10(12)14-9-11(15)13-7-4-8-17-13/h2-8,11,14-15H,9H2,1H3. The first-order valence-electron chi connectivity index (χ1n) is 5.39. The van der Waals surface area contributed by atoms with E-state index < -0.39 is 6.10 Å². The molecule has 1 unspecified atom stereocenters. The normalized spacial score (nSPS) is 12.1. The fraction of sp³-hybridized carbons (Fsp3) is 0.231. The third-order valence-corrected chi connectivity index (χ3v) is 2.46. The number of hydrogen-bond acceptors (Lipinski definition) is 4. The van der Waals surface area contributed by atoms with Crippen LogP contribution in [0.3, 0.4) is 0 Å². The van der Waals surface area contributed by atoms with Crippen LogP contribution in [-0.4, -0.2) is 18.8 Å². The summed E-state index contributed by atoms with van der Waals surface area (Å²) in [5.74, 6) is 1.30. The second-order valence-corrected chi connectivity index (χ2v) is 3.61. The second-order valence-electron chi connectivity index (χ2n) is 3.61. The average Bonchev–Trinajstić information content (AvgIpc) is 2.90. The number of hydrogen-bond donors (Lipinski definition) is 2. The molecular weight excluding hydrogens is 218 g/mol. The molecule has 1 aromatic heterocycles. The Hall–Kier alpha value is -1.94. The van der Waals surface area contributed by atoms with Crippen molar-refractivity contribution in [2.75, 3.05) is 19.0 Å². The van der Waals surface area contributed by atoms with Gasteiger partial charge in [-0.15, -0.1) is 0 Å². The molecule has 90 valence electrons. The minimum absolute atomic E-state index is 0.369. The van der Waals surface area contributed by atoms with Gasteiger partial charge in [0.25, 0.3) is 0 Å². The minimum atomic E-state index is -0.671. The highest BCUT2D eigenvalue weighted by Gasteiger charge is 2.10. The van der Waals surface area contributed by atoms with Gasteiger partial charge in [0.2, 0.25) is 0 Å². The molecule has 0 amide bonds. The number of ether oxygens (including phenoxy) is 1. The molecule has 0 radical (unpaired) electrons. The van der Waals surface area contributed by atoms with Gasteiger partial charge >= 0.3 is 0 Å². The van der Waals surface area contributed by atoms with Crippen molar-refractivity contribution < 1.29 is 14.3 Å². The predicted molar refractivity (Wildman–Crippen MR) is 65.2 cm³/mol. The maximum Gasteiger partial charge on any atom is 0.141 e. The lowest BCUT2D eigenvalue weighted by Gasteiger charge is -2.13. The van der Waals surface area contributed by atoms with Gasteiger partial charge in [-0.2, -0.15) is 0 Å². The molecule has 0 aliphatic heterocycles. The quantitative estimate of drug-likeness (QED) is 0.832. The molecule has 17 heavy (non-hydrogen) atoms. The Balaban J connectivity index is 1.98. The fourth-order valence-corrected chi connectivity index (χ4v) is 1.58. The van der Waals surface area contributed by atoms with Gasteiger partial charge in [0.05, 0.1) is 19.1 Å². The zero-order valence-corrected chi connectivity index (χ0v) is 9.59. The van der Waals surface area contributed by atoms with Gasteiger partial charge in [-0.05, 0) is 24.3 Å². The Labute approximate surface area is 99.8 Å². The lowest BCUT2D eigenvalue weighted by molar-refractivity contribution is 0.162. The number of nitrogens with one attached hydrogen (secondary N) is 1. The van der Waals surface area contributed by atoms with Crippen LogP contribution in [0, 0.1) is 0 Å². The van der Waals surface area contributed by atoms with Gasteiger partial charge in [-0.25, -0.2) is 0 Å². The number of furan rings is 1. The Kier molecular flexibility index (Phi) is 3.67. The smallest absolute Gasteiger partial charge is 0.141 e.